The summed E-state index contributed by atoms with van der Waals surface area (Å²) >= 11 is -1.55. The molecule has 0 heterocycles. The molecule has 1 N–H and O–H groups in total. The number of sulfonamides is 1. The third kappa shape index (κ3) is 4.78. The van der Waals surface area contributed by atoms with E-state index >= 15 is 0 Å². The molecular formula is C15H19NO5S2. The summed E-state index contributed by atoms with van der Waals surface area (Å²) in [6.45, 7) is 0. The van der Waals surface area contributed by atoms with E-state index in [1.807, 2.05) is 0 Å². The van der Waals surface area contributed by atoms with Gasteiger partial charge in [-0.2, -0.15) is 0 Å². The number of benzene rings is 2. The largest absolute Gasteiger partial charge is 0.497 e. The van der Waals surface area contributed by atoms with E-state index in [0.717, 1.165) is 0 Å². The van der Waals surface area contributed by atoms with Gasteiger partial charge in [-0.3, -0.25) is 8.91 Å². The van der Waals surface area contributed by atoms with Crippen LogP contribution >= 0.6 is 0 Å². The number of nitrogens with one attached hydrogen (secondary N) is 1. The van der Waals surface area contributed by atoms with Gasteiger partial charge in [0, 0.05) is 5.69 Å². The fourth-order valence-corrected chi connectivity index (χ4v) is 3.31. The van der Waals surface area contributed by atoms with Crippen molar-refractivity contribution < 1.29 is 21.5 Å². The van der Waals surface area contributed by atoms with Crippen LogP contribution in [0.25, 0.3) is 0 Å². The first-order chi connectivity index (χ1) is 10.5. The molecule has 0 amide bonds. The molecule has 0 spiro atoms. The summed E-state index contributed by atoms with van der Waals surface area (Å²) in [5.41, 5.74) is 0.368. The minimum absolute atomic E-state index is 0. The van der Waals surface area contributed by atoms with Crippen LogP contribution in [0.5, 0.6) is 5.75 Å². The van der Waals surface area contributed by atoms with Gasteiger partial charge in [0.2, 0.25) is 0 Å². The average Bonchev–Trinajstić information content (AvgIpc) is 2.54. The Morgan fingerprint density at radius 3 is 2.00 bits per heavy atom. The maximum atomic E-state index is 12.2. The number of methoxy groups -OCH3 is 1. The average molecular weight is 357 g/mol. The van der Waals surface area contributed by atoms with Gasteiger partial charge in [0.05, 0.1) is 24.0 Å². The van der Waals surface area contributed by atoms with Gasteiger partial charge in [-0.1, -0.05) is 7.43 Å². The van der Waals surface area contributed by atoms with Crippen molar-refractivity contribution in [3.8, 4) is 5.75 Å². The zero-order valence-electron chi connectivity index (χ0n) is 12.0. The molecule has 2 rings (SSSR count). The van der Waals surface area contributed by atoms with Crippen molar-refractivity contribution in [1.29, 1.82) is 0 Å². The Balaban J connectivity index is 0.00000264. The molecule has 0 aliphatic heterocycles. The molecule has 8 heteroatoms. The third-order valence-corrected chi connectivity index (χ3v) is 5.18. The maximum Gasteiger partial charge on any atom is 0.261 e. The zero-order chi connectivity index (χ0) is 16.2. The normalized spacial score (nSPS) is 12.1. The van der Waals surface area contributed by atoms with E-state index in [1.165, 1.54) is 50.6 Å². The number of anilines is 1. The second-order valence-corrected chi connectivity index (χ2v) is 7.16. The fourth-order valence-electron chi connectivity index (χ4n) is 1.70. The molecule has 1 unspecified atom stereocenters. The first-order valence-electron chi connectivity index (χ1n) is 6.19. The third-order valence-electron chi connectivity index (χ3n) is 2.82. The molecule has 0 aromatic heterocycles. The smallest absolute Gasteiger partial charge is 0.261 e. The molecule has 0 aliphatic carbocycles. The summed E-state index contributed by atoms with van der Waals surface area (Å²) in [7, 11) is -0.853. The van der Waals surface area contributed by atoms with Gasteiger partial charge in [0.15, 0.2) is 11.1 Å². The molecular weight excluding hydrogens is 338 g/mol. The molecule has 0 radical (unpaired) electrons. The molecule has 2 aromatic rings. The monoisotopic (exact) mass is 357 g/mol. The first-order valence-corrected chi connectivity index (χ1v) is 8.75. The van der Waals surface area contributed by atoms with Gasteiger partial charge in [0.25, 0.3) is 10.0 Å². The molecule has 6 nitrogen and oxygen atoms in total. The molecule has 0 fully saturated rings. The van der Waals surface area contributed by atoms with E-state index in [-0.39, 0.29) is 12.3 Å². The first kappa shape index (κ1) is 19.1. The van der Waals surface area contributed by atoms with Crippen LogP contribution in [0.2, 0.25) is 0 Å². The van der Waals surface area contributed by atoms with Crippen LogP contribution in [0.4, 0.5) is 5.69 Å². The highest BCUT2D eigenvalue weighted by Gasteiger charge is 2.14. The van der Waals surface area contributed by atoms with Crippen LogP contribution in [0, 0.1) is 0 Å². The second-order valence-electron chi connectivity index (χ2n) is 4.21. The van der Waals surface area contributed by atoms with E-state index in [2.05, 4.69) is 8.91 Å². The molecule has 0 saturated heterocycles. The Hall–Kier alpha value is -1.90. The quantitative estimate of drug-likeness (QED) is 0.860. The van der Waals surface area contributed by atoms with Crippen molar-refractivity contribution >= 4 is 26.8 Å². The maximum absolute atomic E-state index is 12.2. The van der Waals surface area contributed by atoms with E-state index < -0.39 is 21.1 Å². The van der Waals surface area contributed by atoms with Crippen LogP contribution in [0.15, 0.2) is 58.3 Å². The van der Waals surface area contributed by atoms with Crippen molar-refractivity contribution in [2.75, 3.05) is 18.9 Å². The van der Waals surface area contributed by atoms with Crippen LogP contribution in [0.1, 0.15) is 7.43 Å². The predicted octanol–water partition coefficient (Wildman–Crippen LogP) is 2.80. The minimum atomic E-state index is -3.69. The van der Waals surface area contributed by atoms with Crippen molar-refractivity contribution in [1.82, 2.24) is 0 Å². The SMILES string of the molecule is C.COc1ccc(S(=O)(=O)Nc2ccc(S(=O)OC)cc2)cc1. The molecule has 126 valence electrons. The number of hydrogen-bond donors (Lipinski definition) is 1. The predicted molar refractivity (Wildman–Crippen MR) is 90.4 cm³/mol. The summed E-state index contributed by atoms with van der Waals surface area (Å²) in [5, 5.41) is 0. The molecule has 1 atom stereocenters. The highest BCUT2D eigenvalue weighted by Crippen LogP contribution is 2.20. The van der Waals surface area contributed by atoms with E-state index in [0.29, 0.717) is 16.3 Å². The lowest BCUT2D eigenvalue weighted by Crippen LogP contribution is -2.12. The molecule has 2 aromatic carbocycles. The number of hydrogen-bond acceptors (Lipinski definition) is 5. The van der Waals surface area contributed by atoms with Crippen LogP contribution in [-0.2, 0) is 25.3 Å². The highest BCUT2D eigenvalue weighted by molar-refractivity contribution is 7.92. The molecule has 0 bridgehead atoms. The summed E-state index contributed by atoms with van der Waals surface area (Å²) in [6, 6.07) is 12.2. The van der Waals surface area contributed by atoms with E-state index in [9.17, 15) is 12.6 Å². The summed E-state index contributed by atoms with van der Waals surface area (Å²) in [5.74, 6) is 0.574. The topological polar surface area (TPSA) is 81.7 Å². The van der Waals surface area contributed by atoms with Gasteiger partial charge < -0.3 is 4.74 Å². The summed E-state index contributed by atoms with van der Waals surface area (Å²) < 4.78 is 48.0. The standard InChI is InChI=1S/C14H15NO5S2.CH4/c1-19-12-5-9-14(10-6-12)22(17,18)15-11-3-7-13(8-4-11)21(16)20-2;/h3-10,15H,1-2H3;1H4. The Morgan fingerprint density at radius 1 is 0.957 bits per heavy atom. The second kappa shape index (κ2) is 8.09. The lowest BCUT2D eigenvalue weighted by Gasteiger charge is -2.09. The fraction of sp³-hybridized carbons (Fsp3) is 0.200. The van der Waals surface area contributed by atoms with Gasteiger partial charge in [-0.05, 0) is 48.5 Å². The lowest BCUT2D eigenvalue weighted by molar-refractivity contribution is 0.414. The summed E-state index contributed by atoms with van der Waals surface area (Å²) in [4.78, 5) is 0.577. The van der Waals surface area contributed by atoms with E-state index in [1.54, 1.807) is 12.1 Å². The number of rotatable bonds is 6. The minimum Gasteiger partial charge on any atom is -0.497 e. The van der Waals surface area contributed by atoms with E-state index in [4.69, 9.17) is 4.74 Å². The van der Waals surface area contributed by atoms with Crippen LogP contribution in [-0.4, -0.2) is 26.8 Å². The van der Waals surface area contributed by atoms with Gasteiger partial charge in [0.1, 0.15) is 5.75 Å². The van der Waals surface area contributed by atoms with Gasteiger partial charge >= 0.3 is 0 Å². The van der Waals surface area contributed by atoms with Crippen molar-refractivity contribution in [3.05, 3.63) is 48.5 Å². The Labute approximate surface area is 139 Å². The highest BCUT2D eigenvalue weighted by atomic mass is 32.2. The van der Waals surface area contributed by atoms with Gasteiger partial charge in [-0.25, -0.2) is 12.6 Å². The Kier molecular flexibility index (Phi) is 6.74. The van der Waals surface area contributed by atoms with Crippen molar-refractivity contribution in [2.24, 2.45) is 0 Å². The molecule has 0 aliphatic rings. The zero-order valence-corrected chi connectivity index (χ0v) is 13.6. The van der Waals surface area contributed by atoms with Gasteiger partial charge in [-0.15, -0.1) is 0 Å². The van der Waals surface area contributed by atoms with Crippen LogP contribution in [0.3, 0.4) is 0 Å². The Bertz CT molecular complexity index is 755. The summed E-state index contributed by atoms with van der Waals surface area (Å²) in [6.07, 6.45) is 0. The van der Waals surface area contributed by atoms with Crippen LogP contribution < -0.4 is 9.46 Å². The van der Waals surface area contributed by atoms with Crippen molar-refractivity contribution in [3.63, 3.8) is 0 Å². The lowest BCUT2D eigenvalue weighted by atomic mass is 10.3. The Morgan fingerprint density at radius 2 is 1.52 bits per heavy atom. The molecule has 0 saturated carbocycles. The number of ether oxygens (including phenoxy) is 1. The molecule has 23 heavy (non-hydrogen) atoms. The van der Waals surface area contributed by atoms with Crippen molar-refractivity contribution in [2.45, 2.75) is 17.2 Å².